The number of rotatable bonds is 2. The minimum atomic E-state index is -0.569. The van der Waals surface area contributed by atoms with Crippen LogP contribution in [-0.2, 0) is 0 Å². The lowest BCUT2D eigenvalue weighted by atomic mass is 10.2. The van der Waals surface area contributed by atoms with E-state index in [1.807, 2.05) is 6.92 Å². The first-order valence-corrected chi connectivity index (χ1v) is 7.05. The number of benzene rings is 2. The summed E-state index contributed by atoms with van der Waals surface area (Å²) < 4.78 is 14.2. The average Bonchev–Trinajstić information content (AvgIpc) is 2.77. The molecule has 2 aromatic carbocycles. The van der Waals surface area contributed by atoms with Crippen LogP contribution in [0.2, 0.25) is 0 Å². The van der Waals surface area contributed by atoms with E-state index in [2.05, 4.69) is 31.2 Å². The van der Waals surface area contributed by atoms with Gasteiger partial charge in [-0.1, -0.05) is 6.07 Å². The largest absolute Gasteiger partial charge is 0.342 e. The summed E-state index contributed by atoms with van der Waals surface area (Å²) in [5, 5.41) is 2.68. The summed E-state index contributed by atoms with van der Waals surface area (Å²) >= 11 is 3.19. The molecule has 3 rings (SSSR count). The zero-order chi connectivity index (χ0) is 15.0. The molecular weight excluding hydrogens is 337 g/mol. The maximum atomic E-state index is 13.8. The Kier molecular flexibility index (Phi) is 3.47. The maximum Gasteiger partial charge on any atom is 0.259 e. The Hall–Kier alpha value is -2.21. The zero-order valence-electron chi connectivity index (χ0n) is 11.1. The van der Waals surface area contributed by atoms with Crippen molar-refractivity contribution in [2.75, 3.05) is 5.32 Å². The van der Waals surface area contributed by atoms with Crippen molar-refractivity contribution in [3.63, 3.8) is 0 Å². The Morgan fingerprint density at radius 2 is 2.14 bits per heavy atom. The number of hydrogen-bond donors (Lipinski definition) is 2. The molecule has 4 nitrogen and oxygen atoms in total. The molecule has 106 valence electrons. The number of aromatic nitrogens is 2. The predicted octanol–water partition coefficient (Wildman–Crippen LogP) is 4.03. The number of carbonyl (C=O) groups excluding carboxylic acids is 1. The summed E-state index contributed by atoms with van der Waals surface area (Å²) in [6.07, 6.45) is 0. The van der Waals surface area contributed by atoms with Gasteiger partial charge in [0.05, 0.1) is 16.6 Å². The van der Waals surface area contributed by atoms with Crippen LogP contribution in [0.15, 0.2) is 40.9 Å². The van der Waals surface area contributed by atoms with Crippen LogP contribution in [0.4, 0.5) is 10.1 Å². The zero-order valence-corrected chi connectivity index (χ0v) is 12.7. The molecule has 0 radical (unpaired) electrons. The highest BCUT2D eigenvalue weighted by Gasteiger charge is 2.15. The highest BCUT2D eigenvalue weighted by atomic mass is 79.9. The number of fused-ring (bicyclic) bond motifs is 1. The van der Waals surface area contributed by atoms with Crippen LogP contribution in [0.5, 0.6) is 0 Å². The Labute approximate surface area is 128 Å². The molecule has 2 N–H and O–H groups in total. The molecule has 0 aliphatic carbocycles. The normalized spacial score (nSPS) is 10.8. The number of nitrogens with one attached hydrogen (secondary N) is 2. The summed E-state index contributed by atoms with van der Waals surface area (Å²) in [4.78, 5) is 19.6. The highest BCUT2D eigenvalue weighted by molar-refractivity contribution is 9.10. The second kappa shape index (κ2) is 5.29. The third kappa shape index (κ3) is 2.67. The molecular formula is C15H11BrFN3O. The number of anilines is 1. The molecule has 3 aromatic rings. The van der Waals surface area contributed by atoms with Gasteiger partial charge in [0.15, 0.2) is 0 Å². The highest BCUT2D eigenvalue weighted by Crippen LogP contribution is 2.22. The SMILES string of the molecule is Cc1nc2ccc(NC(=O)c3c(F)cccc3Br)cc2[nH]1. The Morgan fingerprint density at radius 1 is 1.33 bits per heavy atom. The molecule has 0 unspecified atom stereocenters. The molecule has 0 aliphatic rings. The third-order valence-corrected chi connectivity index (χ3v) is 3.71. The molecule has 0 fully saturated rings. The molecule has 0 bridgehead atoms. The first kappa shape index (κ1) is 13.8. The van der Waals surface area contributed by atoms with Gasteiger partial charge >= 0.3 is 0 Å². The number of imidazole rings is 1. The minimum Gasteiger partial charge on any atom is -0.342 e. The molecule has 6 heteroatoms. The summed E-state index contributed by atoms with van der Waals surface area (Å²) in [7, 11) is 0. The molecule has 0 atom stereocenters. The van der Waals surface area contributed by atoms with Gasteiger partial charge < -0.3 is 10.3 Å². The number of amides is 1. The number of aromatic amines is 1. The van der Waals surface area contributed by atoms with Crippen molar-refractivity contribution >= 4 is 38.6 Å². The Morgan fingerprint density at radius 3 is 2.90 bits per heavy atom. The van der Waals surface area contributed by atoms with E-state index in [-0.39, 0.29) is 5.56 Å². The predicted molar refractivity (Wildman–Crippen MR) is 82.9 cm³/mol. The lowest BCUT2D eigenvalue weighted by molar-refractivity contribution is 0.102. The van der Waals surface area contributed by atoms with Crippen molar-refractivity contribution in [2.45, 2.75) is 6.92 Å². The van der Waals surface area contributed by atoms with Gasteiger partial charge in [0.25, 0.3) is 5.91 Å². The van der Waals surface area contributed by atoms with Crippen molar-refractivity contribution in [1.82, 2.24) is 9.97 Å². The molecule has 1 heterocycles. The summed E-state index contributed by atoms with van der Waals surface area (Å²) in [5.41, 5.74) is 2.19. The van der Waals surface area contributed by atoms with Gasteiger partial charge in [-0.05, 0) is 53.2 Å². The standard InChI is InChI=1S/C15H11BrFN3O/c1-8-18-12-6-5-9(7-13(12)19-8)20-15(21)14-10(16)3-2-4-11(14)17/h2-7H,1H3,(H,18,19)(H,20,21). The fraction of sp³-hybridized carbons (Fsp3) is 0.0667. The molecule has 0 saturated carbocycles. The van der Waals surface area contributed by atoms with Gasteiger partial charge in [-0.25, -0.2) is 9.37 Å². The number of hydrogen-bond acceptors (Lipinski definition) is 2. The molecule has 1 aromatic heterocycles. The van der Waals surface area contributed by atoms with Gasteiger partial charge in [-0.15, -0.1) is 0 Å². The van der Waals surface area contributed by atoms with E-state index in [4.69, 9.17) is 0 Å². The van der Waals surface area contributed by atoms with Crippen LogP contribution < -0.4 is 5.32 Å². The van der Waals surface area contributed by atoms with Crippen molar-refractivity contribution in [1.29, 1.82) is 0 Å². The Balaban J connectivity index is 1.92. The smallest absolute Gasteiger partial charge is 0.259 e. The van der Waals surface area contributed by atoms with Crippen LogP contribution in [-0.4, -0.2) is 15.9 Å². The number of H-pyrrole nitrogens is 1. The topological polar surface area (TPSA) is 57.8 Å². The first-order valence-electron chi connectivity index (χ1n) is 6.26. The third-order valence-electron chi connectivity index (χ3n) is 3.05. The average molecular weight is 348 g/mol. The molecule has 0 saturated heterocycles. The van der Waals surface area contributed by atoms with Gasteiger partial charge in [0.1, 0.15) is 11.6 Å². The monoisotopic (exact) mass is 347 g/mol. The van der Waals surface area contributed by atoms with Gasteiger partial charge in [-0.2, -0.15) is 0 Å². The molecule has 0 spiro atoms. The molecule has 1 amide bonds. The van der Waals surface area contributed by atoms with Crippen LogP contribution in [0.3, 0.4) is 0 Å². The fourth-order valence-electron chi connectivity index (χ4n) is 2.12. The summed E-state index contributed by atoms with van der Waals surface area (Å²) in [6, 6.07) is 9.71. The van der Waals surface area contributed by atoms with Gasteiger partial charge in [0.2, 0.25) is 0 Å². The lowest BCUT2D eigenvalue weighted by Gasteiger charge is -2.07. The number of halogens is 2. The van der Waals surface area contributed by atoms with E-state index in [0.717, 1.165) is 16.9 Å². The van der Waals surface area contributed by atoms with E-state index in [9.17, 15) is 9.18 Å². The van der Waals surface area contributed by atoms with E-state index in [0.29, 0.717) is 10.2 Å². The molecule has 21 heavy (non-hydrogen) atoms. The number of carbonyl (C=O) groups is 1. The quantitative estimate of drug-likeness (QED) is 0.735. The summed E-state index contributed by atoms with van der Waals surface area (Å²) in [6.45, 7) is 1.86. The van der Waals surface area contributed by atoms with Crippen molar-refractivity contribution in [3.8, 4) is 0 Å². The second-order valence-electron chi connectivity index (χ2n) is 4.60. The van der Waals surface area contributed by atoms with Crippen LogP contribution >= 0.6 is 15.9 Å². The molecule has 0 aliphatic heterocycles. The second-order valence-corrected chi connectivity index (χ2v) is 5.46. The van der Waals surface area contributed by atoms with Crippen molar-refractivity contribution < 1.29 is 9.18 Å². The van der Waals surface area contributed by atoms with Crippen LogP contribution in [0, 0.1) is 12.7 Å². The Bertz CT molecular complexity index is 824. The van der Waals surface area contributed by atoms with Crippen LogP contribution in [0.25, 0.3) is 11.0 Å². The number of aryl methyl sites for hydroxylation is 1. The van der Waals surface area contributed by atoms with Crippen LogP contribution in [0.1, 0.15) is 16.2 Å². The van der Waals surface area contributed by atoms with Gasteiger partial charge in [0, 0.05) is 10.2 Å². The van der Waals surface area contributed by atoms with Crippen molar-refractivity contribution in [3.05, 3.63) is 58.1 Å². The van der Waals surface area contributed by atoms with E-state index >= 15 is 0 Å². The summed E-state index contributed by atoms with van der Waals surface area (Å²) in [5.74, 6) is -0.277. The van der Waals surface area contributed by atoms with E-state index in [1.54, 1.807) is 24.3 Å². The maximum absolute atomic E-state index is 13.8. The fourth-order valence-corrected chi connectivity index (χ4v) is 2.65. The van der Waals surface area contributed by atoms with E-state index < -0.39 is 11.7 Å². The van der Waals surface area contributed by atoms with E-state index in [1.165, 1.54) is 12.1 Å². The van der Waals surface area contributed by atoms with Crippen molar-refractivity contribution in [2.24, 2.45) is 0 Å². The van der Waals surface area contributed by atoms with Gasteiger partial charge in [-0.3, -0.25) is 4.79 Å². The lowest BCUT2D eigenvalue weighted by Crippen LogP contribution is -2.14. The first-order chi connectivity index (χ1) is 10.0. The minimum absolute atomic E-state index is 0.0154. The number of nitrogens with zero attached hydrogens (tertiary/aromatic N) is 1.